The molecule has 1 saturated carbocycles. The summed E-state index contributed by atoms with van der Waals surface area (Å²) in [5.41, 5.74) is 2.99. The molecule has 2 aliphatic carbocycles. The normalized spacial score (nSPS) is 20.7. The monoisotopic (exact) mass is 410 g/mol. The molecule has 1 aromatic rings. The number of benzene rings is 1. The molecule has 164 valence electrons. The van der Waals surface area contributed by atoms with Crippen LogP contribution in [0, 0.1) is 0 Å². The van der Waals surface area contributed by atoms with Gasteiger partial charge in [-0.15, -0.1) is 0 Å². The second-order valence-corrected chi connectivity index (χ2v) is 8.91. The number of hydrogen-bond donors (Lipinski definition) is 0. The Morgan fingerprint density at radius 3 is 1.83 bits per heavy atom. The van der Waals surface area contributed by atoms with Crippen LogP contribution in [0.25, 0.3) is 0 Å². The molecule has 0 saturated heterocycles. The molecule has 0 aromatic heterocycles. The highest BCUT2D eigenvalue weighted by atomic mass is 16.5. The van der Waals surface area contributed by atoms with Crippen molar-refractivity contribution in [2.45, 2.75) is 95.8 Å². The summed E-state index contributed by atoms with van der Waals surface area (Å²) >= 11 is 0. The zero-order valence-corrected chi connectivity index (χ0v) is 18.9. The van der Waals surface area contributed by atoms with Gasteiger partial charge in [0, 0.05) is 18.8 Å². The fourth-order valence-corrected chi connectivity index (χ4v) is 5.21. The van der Waals surface area contributed by atoms with Crippen LogP contribution in [0.5, 0.6) is 5.75 Å². The van der Waals surface area contributed by atoms with E-state index in [4.69, 9.17) is 9.47 Å². The van der Waals surface area contributed by atoms with Crippen LogP contribution in [0.3, 0.4) is 0 Å². The number of allylic oxidation sites excluding steroid dienone is 4. The molecule has 0 amide bonds. The van der Waals surface area contributed by atoms with Crippen molar-refractivity contribution in [1.29, 1.82) is 0 Å². The van der Waals surface area contributed by atoms with Gasteiger partial charge in [-0.2, -0.15) is 0 Å². The van der Waals surface area contributed by atoms with Crippen LogP contribution >= 0.6 is 0 Å². The SMILES string of the molecule is COc1ccc(C2(C3=CC=C(OC(C)=O)CC3)CCCCCCCCCCC2)cc1. The van der Waals surface area contributed by atoms with E-state index in [9.17, 15) is 4.79 Å². The zero-order chi connectivity index (χ0) is 21.2. The molecule has 0 radical (unpaired) electrons. The average molecular weight is 411 g/mol. The first-order valence-corrected chi connectivity index (χ1v) is 11.9. The molecular weight excluding hydrogens is 372 g/mol. The Labute approximate surface area is 182 Å². The number of hydrogen-bond acceptors (Lipinski definition) is 3. The third-order valence-electron chi connectivity index (χ3n) is 6.85. The van der Waals surface area contributed by atoms with Gasteiger partial charge in [-0.05, 0) is 43.0 Å². The van der Waals surface area contributed by atoms with Crippen LogP contribution in [0.2, 0.25) is 0 Å². The summed E-state index contributed by atoms with van der Waals surface area (Å²) in [5.74, 6) is 1.48. The number of carbonyl (C=O) groups is 1. The smallest absolute Gasteiger partial charge is 0.307 e. The van der Waals surface area contributed by atoms with Gasteiger partial charge in [0.2, 0.25) is 0 Å². The van der Waals surface area contributed by atoms with Crippen LogP contribution < -0.4 is 4.74 Å². The van der Waals surface area contributed by atoms with Gasteiger partial charge in [-0.1, -0.05) is 81.6 Å². The minimum absolute atomic E-state index is 0.0731. The summed E-state index contributed by atoms with van der Waals surface area (Å²) in [6.07, 6.45) is 20.5. The van der Waals surface area contributed by atoms with E-state index in [0.717, 1.165) is 24.4 Å². The lowest BCUT2D eigenvalue weighted by atomic mass is 9.65. The highest BCUT2D eigenvalue weighted by Gasteiger charge is 2.36. The van der Waals surface area contributed by atoms with Crippen molar-refractivity contribution in [1.82, 2.24) is 0 Å². The van der Waals surface area contributed by atoms with Gasteiger partial charge in [-0.3, -0.25) is 4.79 Å². The summed E-state index contributed by atoms with van der Waals surface area (Å²) in [5, 5.41) is 0. The molecule has 0 aliphatic heterocycles. The van der Waals surface area contributed by atoms with Crippen LogP contribution in [0.15, 0.2) is 47.7 Å². The quantitative estimate of drug-likeness (QED) is 0.485. The third kappa shape index (κ3) is 6.00. The fourth-order valence-electron chi connectivity index (χ4n) is 5.21. The van der Waals surface area contributed by atoms with Gasteiger partial charge < -0.3 is 9.47 Å². The lowest BCUT2D eigenvalue weighted by Gasteiger charge is -2.39. The second kappa shape index (κ2) is 11.4. The number of rotatable bonds is 4. The molecule has 3 rings (SSSR count). The Hall–Kier alpha value is -2.03. The molecule has 0 heterocycles. The first-order chi connectivity index (χ1) is 14.6. The molecule has 2 aliphatic rings. The molecule has 30 heavy (non-hydrogen) atoms. The van der Waals surface area contributed by atoms with Crippen LogP contribution in [0.1, 0.15) is 96.0 Å². The topological polar surface area (TPSA) is 35.5 Å². The average Bonchev–Trinajstić information content (AvgIpc) is 2.75. The third-order valence-corrected chi connectivity index (χ3v) is 6.85. The number of carbonyl (C=O) groups excluding carboxylic acids is 1. The number of esters is 1. The zero-order valence-electron chi connectivity index (χ0n) is 18.9. The summed E-state index contributed by atoms with van der Waals surface area (Å²) in [6, 6.07) is 8.77. The predicted molar refractivity (Wildman–Crippen MR) is 123 cm³/mol. The van der Waals surface area contributed by atoms with Crippen LogP contribution in [0.4, 0.5) is 0 Å². The van der Waals surface area contributed by atoms with Crippen molar-refractivity contribution >= 4 is 5.97 Å². The van der Waals surface area contributed by atoms with E-state index in [1.165, 1.54) is 88.7 Å². The molecule has 0 bridgehead atoms. The highest BCUT2D eigenvalue weighted by Crippen LogP contribution is 2.46. The van der Waals surface area contributed by atoms with E-state index in [2.05, 4.69) is 30.3 Å². The molecule has 1 fully saturated rings. The van der Waals surface area contributed by atoms with Crippen molar-refractivity contribution < 1.29 is 14.3 Å². The molecule has 0 unspecified atom stereocenters. The summed E-state index contributed by atoms with van der Waals surface area (Å²) < 4.78 is 10.8. The lowest BCUT2D eigenvalue weighted by Crippen LogP contribution is -2.30. The lowest BCUT2D eigenvalue weighted by molar-refractivity contribution is -0.137. The largest absolute Gasteiger partial charge is 0.497 e. The Morgan fingerprint density at radius 2 is 1.37 bits per heavy atom. The molecule has 0 atom stereocenters. The van der Waals surface area contributed by atoms with Crippen molar-refractivity contribution in [3.05, 3.63) is 53.3 Å². The van der Waals surface area contributed by atoms with Crippen LogP contribution in [-0.2, 0) is 14.9 Å². The van der Waals surface area contributed by atoms with Gasteiger partial charge >= 0.3 is 5.97 Å². The summed E-state index contributed by atoms with van der Waals surface area (Å²) in [6.45, 7) is 1.48. The molecular formula is C27H38O3. The molecule has 3 nitrogen and oxygen atoms in total. The van der Waals surface area contributed by atoms with Gasteiger partial charge in [0.1, 0.15) is 11.5 Å². The predicted octanol–water partition coefficient (Wildman–Crippen LogP) is 7.40. The van der Waals surface area contributed by atoms with E-state index in [1.54, 1.807) is 7.11 Å². The minimum atomic E-state index is -0.228. The first-order valence-electron chi connectivity index (χ1n) is 11.9. The van der Waals surface area contributed by atoms with Crippen molar-refractivity contribution in [2.24, 2.45) is 0 Å². The van der Waals surface area contributed by atoms with E-state index >= 15 is 0 Å². The first kappa shape index (κ1) is 22.7. The molecule has 3 heteroatoms. The van der Waals surface area contributed by atoms with E-state index in [0.29, 0.717) is 0 Å². The Morgan fingerprint density at radius 1 is 0.800 bits per heavy atom. The Kier molecular flexibility index (Phi) is 8.60. The van der Waals surface area contributed by atoms with E-state index in [-0.39, 0.29) is 11.4 Å². The van der Waals surface area contributed by atoms with Gasteiger partial charge in [0.15, 0.2) is 0 Å². The van der Waals surface area contributed by atoms with Gasteiger partial charge in [-0.25, -0.2) is 0 Å². The minimum Gasteiger partial charge on any atom is -0.497 e. The highest BCUT2D eigenvalue weighted by molar-refractivity contribution is 5.67. The number of ether oxygens (including phenoxy) is 2. The second-order valence-electron chi connectivity index (χ2n) is 8.91. The Bertz CT molecular complexity index is 730. The van der Waals surface area contributed by atoms with Crippen LogP contribution in [-0.4, -0.2) is 13.1 Å². The molecule has 0 spiro atoms. The fraction of sp³-hybridized carbons (Fsp3) is 0.593. The maximum atomic E-state index is 11.4. The van der Waals surface area contributed by atoms with E-state index < -0.39 is 0 Å². The number of methoxy groups -OCH3 is 1. The standard InChI is InChI=1S/C27H38O3/c1-22(28)30-26-18-14-24(15-19-26)27(23-12-16-25(29-2)17-13-23)20-10-8-6-4-3-5-7-9-11-21-27/h12-14,16-18H,3-11,15,19-21H2,1-2H3. The maximum Gasteiger partial charge on any atom is 0.307 e. The van der Waals surface area contributed by atoms with Gasteiger partial charge in [0.25, 0.3) is 0 Å². The van der Waals surface area contributed by atoms with Crippen molar-refractivity contribution in [2.75, 3.05) is 7.11 Å². The maximum absolute atomic E-state index is 11.4. The van der Waals surface area contributed by atoms with Gasteiger partial charge in [0.05, 0.1) is 7.11 Å². The van der Waals surface area contributed by atoms with Crippen molar-refractivity contribution in [3.8, 4) is 5.75 Å². The summed E-state index contributed by atoms with van der Waals surface area (Å²) in [7, 11) is 1.73. The summed E-state index contributed by atoms with van der Waals surface area (Å²) in [4.78, 5) is 11.4. The van der Waals surface area contributed by atoms with Crippen molar-refractivity contribution in [3.63, 3.8) is 0 Å². The molecule has 0 N–H and O–H groups in total. The molecule has 1 aromatic carbocycles. The Balaban J connectivity index is 1.94. The van der Waals surface area contributed by atoms with E-state index in [1.807, 2.05) is 6.08 Å².